The third-order valence-electron chi connectivity index (χ3n) is 17.1. The van der Waals surface area contributed by atoms with E-state index in [1.54, 1.807) is 0 Å². The molecule has 14 aromatic carbocycles. The molecule has 94 heavy (non-hydrogen) atoms. The molecular weight excluding hydrogens is 1140 g/mol. The summed E-state index contributed by atoms with van der Waals surface area (Å²) in [6, 6.07) is 131. The first-order chi connectivity index (χ1) is 46.3. The van der Waals surface area contributed by atoms with Crippen LogP contribution in [0.3, 0.4) is 0 Å². The topological polar surface area (TPSA) is 60.5 Å². The zero-order chi connectivity index (χ0) is 64.0. The van der Waals surface area contributed by atoms with Crippen molar-refractivity contribution in [3.8, 4) is 78.9 Å². The van der Waals surface area contributed by atoms with Crippen molar-refractivity contribution >= 4 is 56.9 Å². The van der Waals surface area contributed by atoms with E-state index in [4.69, 9.17) is 5.26 Å². The average molecular weight is 1210 g/mol. The largest absolute Gasteiger partial charge is 0.345 e. The predicted octanol–water partition coefficient (Wildman–Crippen LogP) is 23.6. The quantitative estimate of drug-likeness (QED) is 0.0961. The predicted molar refractivity (Wildman–Crippen MR) is 393 cm³/mol. The Kier molecular flexibility index (Phi) is 18.2. The third kappa shape index (κ3) is 13.8. The standard InChI is InChI=1S/2C44H33N3/c1-46(44-14-8-9-33(31-44)32-45)40-23-15-38(16-24-40)39-21-29-43(30-22-39)47(41-25-17-36(18-26-41)34-10-4-2-5-11-34)42-27-19-37(20-28-42)35-12-6-3-7-13-35;1-46(40-22-12-33(32-45)13-23-40)41-24-14-38(15-25-41)39-20-30-44(31-21-39)47(42-26-16-36(17-27-42)34-8-4-2-5-9-34)43-28-18-37(19-29-43)35-10-6-3-7-11-35/h2*2-31H,1H3. The van der Waals surface area contributed by atoms with Crippen molar-refractivity contribution in [3.05, 3.63) is 375 Å². The van der Waals surface area contributed by atoms with Crippen LogP contribution in [0.15, 0.2) is 364 Å². The van der Waals surface area contributed by atoms with Gasteiger partial charge < -0.3 is 19.6 Å². The van der Waals surface area contributed by atoms with Crippen molar-refractivity contribution in [2.45, 2.75) is 0 Å². The van der Waals surface area contributed by atoms with Crippen molar-refractivity contribution in [1.82, 2.24) is 0 Å². The maximum absolute atomic E-state index is 9.30. The van der Waals surface area contributed by atoms with Gasteiger partial charge in [-0.15, -0.1) is 0 Å². The third-order valence-corrected chi connectivity index (χ3v) is 17.1. The smallest absolute Gasteiger partial charge is 0.0992 e. The van der Waals surface area contributed by atoms with Crippen LogP contribution in [-0.2, 0) is 0 Å². The van der Waals surface area contributed by atoms with Gasteiger partial charge in [-0.05, 0) is 206 Å². The van der Waals surface area contributed by atoms with Crippen molar-refractivity contribution in [1.29, 1.82) is 10.5 Å². The highest BCUT2D eigenvalue weighted by atomic mass is 15.1. The zero-order valence-corrected chi connectivity index (χ0v) is 52.3. The van der Waals surface area contributed by atoms with Gasteiger partial charge in [0.2, 0.25) is 0 Å². The Morgan fingerprint density at radius 3 is 0.617 bits per heavy atom. The lowest BCUT2D eigenvalue weighted by atomic mass is 10.0. The van der Waals surface area contributed by atoms with Crippen LogP contribution in [0, 0.1) is 22.7 Å². The van der Waals surface area contributed by atoms with Gasteiger partial charge in [0.1, 0.15) is 0 Å². The minimum atomic E-state index is 0.652. The fraction of sp³-hybridized carbons (Fsp3) is 0.0227. The van der Waals surface area contributed by atoms with E-state index in [1.165, 1.54) is 44.5 Å². The van der Waals surface area contributed by atoms with Gasteiger partial charge >= 0.3 is 0 Å². The number of anilines is 10. The van der Waals surface area contributed by atoms with Gasteiger partial charge in [0.25, 0.3) is 0 Å². The molecule has 0 aliphatic carbocycles. The molecule has 0 heterocycles. The number of rotatable bonds is 16. The summed E-state index contributed by atoms with van der Waals surface area (Å²) in [4.78, 5) is 8.83. The lowest BCUT2D eigenvalue weighted by molar-refractivity contribution is 1.21. The number of nitriles is 2. The van der Waals surface area contributed by atoms with Gasteiger partial charge in [-0.2, -0.15) is 10.5 Å². The zero-order valence-electron chi connectivity index (χ0n) is 52.3. The van der Waals surface area contributed by atoms with E-state index in [0.717, 1.165) is 79.1 Å². The lowest BCUT2D eigenvalue weighted by Crippen LogP contribution is -2.10. The highest BCUT2D eigenvalue weighted by molar-refractivity contribution is 5.84. The first-order valence-electron chi connectivity index (χ1n) is 31.4. The van der Waals surface area contributed by atoms with E-state index in [2.05, 4.69) is 323 Å². The van der Waals surface area contributed by atoms with Gasteiger partial charge in [-0.1, -0.05) is 224 Å². The summed E-state index contributed by atoms with van der Waals surface area (Å²) in [5.74, 6) is 0. The van der Waals surface area contributed by atoms with Gasteiger partial charge in [-0.3, -0.25) is 0 Å². The lowest BCUT2D eigenvalue weighted by Gasteiger charge is -2.26. The summed E-state index contributed by atoms with van der Waals surface area (Å²) in [7, 11) is 4.06. The van der Waals surface area contributed by atoms with Gasteiger partial charge in [0.15, 0.2) is 0 Å². The van der Waals surface area contributed by atoms with Crippen LogP contribution >= 0.6 is 0 Å². The molecule has 14 aromatic rings. The molecular formula is C88H66N6. The molecule has 0 saturated heterocycles. The molecule has 0 spiro atoms. The first kappa shape index (κ1) is 60.2. The molecule has 6 nitrogen and oxygen atoms in total. The van der Waals surface area contributed by atoms with E-state index in [0.29, 0.717) is 11.1 Å². The highest BCUT2D eigenvalue weighted by Crippen LogP contribution is 2.41. The number of hydrogen-bond donors (Lipinski definition) is 0. The van der Waals surface area contributed by atoms with E-state index < -0.39 is 0 Å². The molecule has 0 unspecified atom stereocenters. The average Bonchev–Trinajstić information content (AvgIpc) is 0.977. The Labute approximate surface area is 551 Å². The Morgan fingerprint density at radius 2 is 0.383 bits per heavy atom. The monoisotopic (exact) mass is 1210 g/mol. The van der Waals surface area contributed by atoms with Crippen LogP contribution in [0.5, 0.6) is 0 Å². The Morgan fingerprint density at radius 1 is 0.181 bits per heavy atom. The van der Waals surface area contributed by atoms with Gasteiger partial charge in [0, 0.05) is 71.0 Å². The second-order valence-electron chi connectivity index (χ2n) is 22.9. The second-order valence-corrected chi connectivity index (χ2v) is 22.9. The Hall–Kier alpha value is -12.7. The summed E-state index contributed by atoms with van der Waals surface area (Å²) in [5.41, 5.74) is 26.2. The maximum atomic E-state index is 9.30. The molecule has 14 rings (SSSR count). The molecule has 0 aliphatic rings. The van der Waals surface area contributed by atoms with Crippen molar-refractivity contribution in [2.75, 3.05) is 33.7 Å². The molecule has 6 heteroatoms. The molecule has 0 amide bonds. The number of hydrogen-bond acceptors (Lipinski definition) is 6. The fourth-order valence-corrected chi connectivity index (χ4v) is 11.8. The van der Waals surface area contributed by atoms with Crippen LogP contribution in [0.1, 0.15) is 11.1 Å². The fourth-order valence-electron chi connectivity index (χ4n) is 11.8. The van der Waals surface area contributed by atoms with Crippen molar-refractivity contribution in [3.63, 3.8) is 0 Å². The minimum absolute atomic E-state index is 0.652. The molecule has 0 aliphatic heterocycles. The SMILES string of the molecule is CN(c1ccc(-c2ccc(N(c3ccc(-c4ccccc4)cc3)c3ccc(-c4ccccc4)cc3)cc2)cc1)c1cccc(C#N)c1.CN(c1ccc(C#N)cc1)c1ccc(-c2ccc(N(c3ccc(-c4ccccc4)cc3)c3ccc(-c4ccccc4)cc3)cc2)cc1. The summed E-state index contributed by atoms with van der Waals surface area (Å²) in [5, 5.41) is 18.4. The van der Waals surface area contributed by atoms with Crippen LogP contribution in [0.4, 0.5) is 56.9 Å². The molecule has 0 bridgehead atoms. The van der Waals surface area contributed by atoms with Crippen LogP contribution in [0.2, 0.25) is 0 Å². The highest BCUT2D eigenvalue weighted by Gasteiger charge is 2.17. The molecule has 0 N–H and O–H groups in total. The van der Waals surface area contributed by atoms with Gasteiger partial charge in [0.05, 0.1) is 23.3 Å². The molecule has 0 atom stereocenters. The number of benzene rings is 14. The first-order valence-corrected chi connectivity index (χ1v) is 31.4. The van der Waals surface area contributed by atoms with Crippen molar-refractivity contribution in [2.24, 2.45) is 0 Å². The molecule has 0 radical (unpaired) electrons. The van der Waals surface area contributed by atoms with Crippen LogP contribution in [0.25, 0.3) is 66.8 Å². The van der Waals surface area contributed by atoms with E-state index in [1.807, 2.05) is 86.9 Å². The van der Waals surface area contributed by atoms with Crippen LogP contribution < -0.4 is 19.6 Å². The normalized spacial score (nSPS) is 10.6. The second kappa shape index (κ2) is 28.4. The summed E-state index contributed by atoms with van der Waals surface area (Å²) in [6.45, 7) is 0. The Balaban J connectivity index is 0.000000171. The molecule has 0 aromatic heterocycles. The van der Waals surface area contributed by atoms with Gasteiger partial charge in [-0.25, -0.2) is 0 Å². The van der Waals surface area contributed by atoms with Crippen LogP contribution in [-0.4, -0.2) is 14.1 Å². The molecule has 0 fully saturated rings. The number of nitrogens with zero attached hydrogens (tertiary/aromatic N) is 6. The van der Waals surface area contributed by atoms with E-state index in [-0.39, 0.29) is 0 Å². The van der Waals surface area contributed by atoms with E-state index >= 15 is 0 Å². The summed E-state index contributed by atoms with van der Waals surface area (Å²) >= 11 is 0. The van der Waals surface area contributed by atoms with E-state index in [9.17, 15) is 5.26 Å². The Bertz CT molecular complexity index is 4670. The summed E-state index contributed by atoms with van der Waals surface area (Å²) < 4.78 is 0. The summed E-state index contributed by atoms with van der Waals surface area (Å²) in [6.07, 6.45) is 0. The maximum Gasteiger partial charge on any atom is 0.0992 e. The van der Waals surface area contributed by atoms with Crippen molar-refractivity contribution < 1.29 is 0 Å². The molecule has 0 saturated carbocycles. The molecule has 448 valence electrons. The minimum Gasteiger partial charge on any atom is -0.345 e.